The van der Waals surface area contributed by atoms with E-state index in [9.17, 15) is 4.39 Å². The third-order valence-electron chi connectivity index (χ3n) is 1.76. The molecule has 1 aromatic carbocycles. The lowest BCUT2D eigenvalue weighted by molar-refractivity contribution is 0.425. The van der Waals surface area contributed by atoms with Gasteiger partial charge in [-0.2, -0.15) is 0 Å². The zero-order chi connectivity index (χ0) is 10.0. The third-order valence-corrected chi connectivity index (χ3v) is 2.50. The zero-order valence-corrected chi connectivity index (χ0v) is 8.23. The Morgan fingerprint density at radius 3 is 2.46 bits per heavy atom. The van der Waals surface area contributed by atoms with E-state index in [0.717, 1.165) is 0 Å². The molecule has 0 aliphatic rings. The Labute approximate surface area is 80.9 Å². The predicted molar refractivity (Wildman–Crippen MR) is 52.7 cm³/mol. The largest absolute Gasteiger partial charge is 0.488 e. The lowest BCUT2D eigenvalue weighted by Crippen LogP contribution is -2.30. The van der Waals surface area contributed by atoms with Gasteiger partial charge in [0.25, 0.3) is 0 Å². The molecule has 13 heavy (non-hydrogen) atoms. The van der Waals surface area contributed by atoms with Crippen molar-refractivity contribution in [2.45, 2.75) is 11.8 Å². The molecule has 0 atom stereocenters. The van der Waals surface area contributed by atoms with Gasteiger partial charge in [-0.1, -0.05) is 6.07 Å². The Morgan fingerprint density at radius 2 is 2.00 bits per heavy atom. The van der Waals surface area contributed by atoms with Gasteiger partial charge in [-0.05, 0) is 30.3 Å². The molecule has 0 aliphatic heterocycles. The molecule has 0 aromatic heterocycles. The smallest absolute Gasteiger partial charge is 0.423 e. The fourth-order valence-corrected chi connectivity index (χ4v) is 1.66. The number of thioether (sulfide) groups is 1. The van der Waals surface area contributed by atoms with E-state index in [1.165, 1.54) is 23.9 Å². The molecule has 0 aliphatic carbocycles. The molecule has 5 heteroatoms. The van der Waals surface area contributed by atoms with Crippen molar-refractivity contribution in [3.63, 3.8) is 0 Å². The van der Waals surface area contributed by atoms with Gasteiger partial charge in [0.05, 0.1) is 0 Å². The highest BCUT2D eigenvalue weighted by molar-refractivity contribution is 7.98. The molecule has 0 saturated carbocycles. The van der Waals surface area contributed by atoms with Crippen molar-refractivity contribution in [1.82, 2.24) is 0 Å². The van der Waals surface area contributed by atoms with Gasteiger partial charge in [0.1, 0.15) is 5.82 Å². The Bertz CT molecular complexity index is 317. The minimum atomic E-state index is -1.54. The number of halogens is 1. The summed E-state index contributed by atoms with van der Waals surface area (Å²) < 4.78 is 13.3. The molecular formula is C8H10BFO2S. The monoisotopic (exact) mass is 200 g/mol. The van der Waals surface area contributed by atoms with E-state index in [1.807, 2.05) is 0 Å². The molecule has 0 bridgehead atoms. The number of aryl methyl sites for hydroxylation is 1. The number of hydrogen-bond acceptors (Lipinski definition) is 3. The van der Waals surface area contributed by atoms with Gasteiger partial charge in [0, 0.05) is 4.90 Å². The SMILES string of the molecule is CSc1cc(B(O)O)cc(C)c1F. The fourth-order valence-electron chi connectivity index (χ4n) is 1.06. The molecule has 0 unspecified atom stereocenters. The first-order valence-electron chi connectivity index (χ1n) is 3.76. The fraction of sp³-hybridized carbons (Fsp3) is 0.250. The van der Waals surface area contributed by atoms with Crippen LogP contribution in [0.3, 0.4) is 0 Å². The highest BCUT2D eigenvalue weighted by atomic mass is 32.2. The molecule has 0 fully saturated rings. The van der Waals surface area contributed by atoms with Crippen molar-refractivity contribution in [1.29, 1.82) is 0 Å². The van der Waals surface area contributed by atoms with E-state index >= 15 is 0 Å². The first kappa shape index (κ1) is 10.6. The van der Waals surface area contributed by atoms with Crippen LogP contribution in [0.1, 0.15) is 5.56 Å². The normalized spacial score (nSPS) is 10.2. The minimum absolute atomic E-state index is 0.295. The molecule has 1 aromatic rings. The topological polar surface area (TPSA) is 40.5 Å². The van der Waals surface area contributed by atoms with E-state index in [0.29, 0.717) is 15.9 Å². The summed E-state index contributed by atoms with van der Waals surface area (Å²) in [4.78, 5) is 0.433. The molecule has 70 valence electrons. The van der Waals surface area contributed by atoms with Crippen molar-refractivity contribution in [3.8, 4) is 0 Å². The molecule has 1 rings (SSSR count). The maximum Gasteiger partial charge on any atom is 0.488 e. The molecule has 2 N–H and O–H groups in total. The van der Waals surface area contributed by atoms with Crippen LogP contribution < -0.4 is 5.46 Å². The van der Waals surface area contributed by atoms with Crippen LogP contribution in [-0.2, 0) is 0 Å². The van der Waals surface area contributed by atoms with E-state index in [2.05, 4.69) is 0 Å². The summed E-state index contributed by atoms with van der Waals surface area (Å²) in [6.07, 6.45) is 1.74. The minimum Gasteiger partial charge on any atom is -0.423 e. The van der Waals surface area contributed by atoms with Crippen molar-refractivity contribution in [3.05, 3.63) is 23.5 Å². The van der Waals surface area contributed by atoms with Crippen LogP contribution in [-0.4, -0.2) is 23.4 Å². The van der Waals surface area contributed by atoms with E-state index in [1.54, 1.807) is 13.2 Å². The zero-order valence-electron chi connectivity index (χ0n) is 7.41. The standard InChI is InChI=1S/C8H10BFO2S/c1-5-3-6(9(11)12)4-7(13-2)8(5)10/h3-4,11-12H,1-2H3. The van der Waals surface area contributed by atoms with Crippen LogP contribution in [0.5, 0.6) is 0 Å². The van der Waals surface area contributed by atoms with Crippen molar-refractivity contribution >= 4 is 24.3 Å². The predicted octanol–water partition coefficient (Wildman–Crippen LogP) is 0.536. The summed E-state index contributed by atoms with van der Waals surface area (Å²) >= 11 is 1.24. The van der Waals surface area contributed by atoms with Crippen LogP contribution in [0, 0.1) is 12.7 Å². The summed E-state index contributed by atoms with van der Waals surface area (Å²) in [5, 5.41) is 17.8. The van der Waals surface area contributed by atoms with Crippen LogP contribution >= 0.6 is 11.8 Å². The summed E-state index contributed by atoms with van der Waals surface area (Å²) in [5.74, 6) is -0.295. The molecular weight excluding hydrogens is 190 g/mol. The Kier molecular flexibility index (Phi) is 3.36. The molecule has 2 nitrogen and oxygen atoms in total. The Morgan fingerprint density at radius 1 is 1.38 bits per heavy atom. The van der Waals surface area contributed by atoms with Gasteiger partial charge in [-0.25, -0.2) is 4.39 Å². The highest BCUT2D eigenvalue weighted by Crippen LogP contribution is 2.20. The van der Waals surface area contributed by atoms with Gasteiger partial charge >= 0.3 is 7.12 Å². The quantitative estimate of drug-likeness (QED) is 0.540. The first-order chi connectivity index (χ1) is 6.06. The van der Waals surface area contributed by atoms with E-state index in [4.69, 9.17) is 10.0 Å². The van der Waals surface area contributed by atoms with Crippen LogP contribution in [0.15, 0.2) is 17.0 Å². The summed E-state index contributed by atoms with van der Waals surface area (Å²) in [7, 11) is -1.54. The summed E-state index contributed by atoms with van der Waals surface area (Å²) in [5.41, 5.74) is 0.748. The number of benzene rings is 1. The second-order valence-corrected chi connectivity index (χ2v) is 3.58. The average Bonchev–Trinajstić information content (AvgIpc) is 2.09. The molecule has 0 spiro atoms. The van der Waals surface area contributed by atoms with Crippen molar-refractivity contribution in [2.24, 2.45) is 0 Å². The van der Waals surface area contributed by atoms with E-state index < -0.39 is 7.12 Å². The summed E-state index contributed by atoms with van der Waals surface area (Å²) in [6.45, 7) is 1.60. The third kappa shape index (κ3) is 2.24. The second kappa shape index (κ2) is 4.13. The summed E-state index contributed by atoms with van der Waals surface area (Å²) in [6, 6.07) is 2.87. The van der Waals surface area contributed by atoms with Gasteiger partial charge in [0.2, 0.25) is 0 Å². The molecule has 0 saturated heterocycles. The van der Waals surface area contributed by atoms with Gasteiger partial charge in [-0.15, -0.1) is 11.8 Å². The lowest BCUT2D eigenvalue weighted by Gasteiger charge is -2.06. The Balaban J connectivity index is 3.22. The van der Waals surface area contributed by atoms with Gasteiger partial charge < -0.3 is 10.0 Å². The average molecular weight is 200 g/mol. The molecule has 0 radical (unpaired) electrons. The number of rotatable bonds is 2. The maximum atomic E-state index is 13.3. The Hall–Kier alpha value is -0.515. The van der Waals surface area contributed by atoms with Crippen molar-refractivity contribution in [2.75, 3.05) is 6.26 Å². The molecule has 0 amide bonds. The first-order valence-corrected chi connectivity index (χ1v) is 4.99. The second-order valence-electron chi connectivity index (χ2n) is 2.73. The molecule has 0 heterocycles. The lowest BCUT2D eigenvalue weighted by atomic mass is 9.79. The highest BCUT2D eigenvalue weighted by Gasteiger charge is 2.15. The van der Waals surface area contributed by atoms with Gasteiger partial charge in [-0.3, -0.25) is 0 Å². The maximum absolute atomic E-state index is 13.3. The van der Waals surface area contributed by atoms with Crippen LogP contribution in [0.2, 0.25) is 0 Å². The van der Waals surface area contributed by atoms with Crippen LogP contribution in [0.25, 0.3) is 0 Å². The number of hydrogen-bond donors (Lipinski definition) is 2. The van der Waals surface area contributed by atoms with Gasteiger partial charge in [0.15, 0.2) is 0 Å². The van der Waals surface area contributed by atoms with E-state index in [-0.39, 0.29) is 5.82 Å². The van der Waals surface area contributed by atoms with Crippen molar-refractivity contribution < 1.29 is 14.4 Å². The van der Waals surface area contributed by atoms with Crippen LogP contribution in [0.4, 0.5) is 4.39 Å².